The molecule has 1 aromatic heterocycles. The fourth-order valence-electron chi connectivity index (χ4n) is 3.14. The molecule has 5 nitrogen and oxygen atoms in total. The van der Waals surface area contributed by atoms with Crippen LogP contribution in [0.25, 0.3) is 11.3 Å². The van der Waals surface area contributed by atoms with Crippen molar-refractivity contribution >= 4 is 11.8 Å². The van der Waals surface area contributed by atoms with Crippen molar-refractivity contribution in [3.05, 3.63) is 35.6 Å². The minimum Gasteiger partial charge on any atom is -0.341 e. The summed E-state index contributed by atoms with van der Waals surface area (Å²) in [5.41, 5.74) is 2.35. The molecule has 1 aliphatic rings. The van der Waals surface area contributed by atoms with Crippen molar-refractivity contribution in [2.24, 2.45) is 5.92 Å². The molecule has 6 heteroatoms. The van der Waals surface area contributed by atoms with Crippen molar-refractivity contribution < 1.29 is 13.7 Å². The van der Waals surface area contributed by atoms with E-state index in [1.807, 2.05) is 4.90 Å². The van der Waals surface area contributed by atoms with Crippen LogP contribution in [-0.2, 0) is 11.3 Å². The molecule has 1 fully saturated rings. The predicted molar refractivity (Wildman–Crippen MR) is 99.3 cm³/mol. The van der Waals surface area contributed by atoms with Gasteiger partial charge in [0.1, 0.15) is 11.5 Å². The molecule has 140 valence electrons. The minimum absolute atomic E-state index is 0.0497. The fourth-order valence-corrected chi connectivity index (χ4v) is 3.14. The zero-order valence-electron chi connectivity index (χ0n) is 15.7. The summed E-state index contributed by atoms with van der Waals surface area (Å²) in [6, 6.07) is 6.22. The molecule has 0 atom stereocenters. The van der Waals surface area contributed by atoms with Crippen molar-refractivity contribution in [2.45, 2.75) is 40.2 Å². The second-order valence-corrected chi connectivity index (χ2v) is 6.84. The quantitative estimate of drug-likeness (QED) is 0.712. The summed E-state index contributed by atoms with van der Waals surface area (Å²) in [6.45, 7) is 8.49. The number of halogens is 1. The second kappa shape index (κ2) is 7.89. The molecule has 0 aliphatic heterocycles. The monoisotopic (exact) mass is 359 g/mol. The Labute approximate surface area is 153 Å². The van der Waals surface area contributed by atoms with E-state index in [0.29, 0.717) is 24.0 Å². The Morgan fingerprint density at radius 1 is 1.23 bits per heavy atom. The Hall–Kier alpha value is -2.37. The van der Waals surface area contributed by atoms with E-state index in [9.17, 15) is 9.18 Å². The summed E-state index contributed by atoms with van der Waals surface area (Å²) < 4.78 is 19.0. The molecule has 0 N–H and O–H groups in total. The molecule has 0 unspecified atom stereocenters. The van der Waals surface area contributed by atoms with Gasteiger partial charge in [-0.2, -0.15) is 0 Å². The lowest BCUT2D eigenvalue weighted by molar-refractivity contribution is -0.129. The number of benzene rings is 1. The van der Waals surface area contributed by atoms with Gasteiger partial charge in [0.05, 0.1) is 12.1 Å². The highest BCUT2D eigenvalue weighted by atomic mass is 19.1. The molecule has 0 radical (unpaired) electrons. The Kier molecular flexibility index (Phi) is 5.59. The molecule has 0 saturated heterocycles. The summed E-state index contributed by atoms with van der Waals surface area (Å²) >= 11 is 0. The van der Waals surface area contributed by atoms with Gasteiger partial charge in [0.25, 0.3) is 0 Å². The lowest BCUT2D eigenvalue weighted by Gasteiger charge is -2.24. The van der Waals surface area contributed by atoms with Gasteiger partial charge >= 0.3 is 0 Å². The maximum atomic E-state index is 13.3. The largest absolute Gasteiger partial charge is 0.341 e. The number of aromatic nitrogens is 1. The van der Waals surface area contributed by atoms with Gasteiger partial charge in [-0.05, 0) is 56.9 Å². The smallest absolute Gasteiger partial charge is 0.232 e. The van der Waals surface area contributed by atoms with Gasteiger partial charge in [-0.3, -0.25) is 4.79 Å². The lowest BCUT2D eigenvalue weighted by Crippen LogP contribution is -2.31. The van der Waals surface area contributed by atoms with E-state index in [-0.39, 0.29) is 11.7 Å². The van der Waals surface area contributed by atoms with Crippen LogP contribution in [0.1, 0.15) is 39.2 Å². The maximum absolute atomic E-state index is 13.3. The first-order chi connectivity index (χ1) is 12.5. The van der Waals surface area contributed by atoms with Crippen LogP contribution in [0.3, 0.4) is 0 Å². The van der Waals surface area contributed by atoms with Crippen molar-refractivity contribution in [3.8, 4) is 11.3 Å². The Morgan fingerprint density at radius 3 is 2.42 bits per heavy atom. The standard InChI is InChI=1S/C20H26FN3O2/c1-4-23(5-2)20-18(13-24(14(3)25)12-15-6-7-15)19(22-26-20)16-8-10-17(21)11-9-16/h8-11,15H,4-7,12-13H2,1-3H3. The summed E-state index contributed by atoms with van der Waals surface area (Å²) in [4.78, 5) is 16.1. The third kappa shape index (κ3) is 4.06. The average molecular weight is 359 g/mol. The van der Waals surface area contributed by atoms with E-state index in [1.54, 1.807) is 19.1 Å². The van der Waals surface area contributed by atoms with Gasteiger partial charge in [-0.15, -0.1) is 0 Å². The number of rotatable bonds is 8. The van der Waals surface area contributed by atoms with Gasteiger partial charge in [0.15, 0.2) is 0 Å². The molecule has 0 bridgehead atoms. The van der Waals surface area contributed by atoms with Gasteiger partial charge in [0.2, 0.25) is 11.8 Å². The second-order valence-electron chi connectivity index (χ2n) is 6.84. The van der Waals surface area contributed by atoms with Gasteiger partial charge < -0.3 is 14.3 Å². The Balaban J connectivity index is 1.98. The zero-order valence-corrected chi connectivity index (χ0v) is 15.7. The van der Waals surface area contributed by atoms with Crippen LogP contribution >= 0.6 is 0 Å². The van der Waals surface area contributed by atoms with E-state index in [0.717, 1.165) is 30.8 Å². The molecule has 2 aromatic rings. The Bertz CT molecular complexity index is 749. The van der Waals surface area contributed by atoms with Gasteiger partial charge in [-0.1, -0.05) is 5.16 Å². The highest BCUT2D eigenvalue weighted by Gasteiger charge is 2.29. The number of anilines is 1. The number of carbonyl (C=O) groups is 1. The van der Waals surface area contributed by atoms with Crippen molar-refractivity contribution in [2.75, 3.05) is 24.5 Å². The van der Waals surface area contributed by atoms with Crippen molar-refractivity contribution in [3.63, 3.8) is 0 Å². The fraction of sp³-hybridized carbons (Fsp3) is 0.500. The van der Waals surface area contributed by atoms with Crippen LogP contribution in [-0.4, -0.2) is 35.6 Å². The Morgan fingerprint density at radius 2 is 1.88 bits per heavy atom. The average Bonchev–Trinajstić information content (AvgIpc) is 3.36. The first kappa shape index (κ1) is 18.4. The number of hydrogen-bond acceptors (Lipinski definition) is 4. The maximum Gasteiger partial charge on any atom is 0.232 e. The number of amides is 1. The van der Waals surface area contributed by atoms with Crippen LogP contribution in [0.15, 0.2) is 28.8 Å². The molecular weight excluding hydrogens is 333 g/mol. The molecule has 3 rings (SSSR count). The first-order valence-electron chi connectivity index (χ1n) is 9.28. The normalized spacial score (nSPS) is 13.7. The van der Waals surface area contributed by atoms with E-state index in [1.165, 1.54) is 25.0 Å². The summed E-state index contributed by atoms with van der Waals surface area (Å²) in [5, 5.41) is 4.26. The number of nitrogens with zero attached hydrogens (tertiary/aromatic N) is 3. The lowest BCUT2D eigenvalue weighted by atomic mass is 10.1. The third-order valence-electron chi connectivity index (χ3n) is 4.91. The van der Waals surface area contributed by atoms with E-state index in [4.69, 9.17) is 4.52 Å². The molecule has 1 aromatic carbocycles. The highest BCUT2D eigenvalue weighted by molar-refractivity contribution is 5.75. The number of hydrogen-bond donors (Lipinski definition) is 0. The predicted octanol–water partition coefficient (Wildman–Crippen LogP) is 4.09. The molecule has 1 saturated carbocycles. The summed E-state index contributed by atoms with van der Waals surface area (Å²) in [5.74, 6) is 1.05. The molecule has 26 heavy (non-hydrogen) atoms. The zero-order chi connectivity index (χ0) is 18.7. The molecule has 0 spiro atoms. The highest BCUT2D eigenvalue weighted by Crippen LogP contribution is 2.35. The summed E-state index contributed by atoms with van der Waals surface area (Å²) in [6.07, 6.45) is 2.36. The van der Waals surface area contributed by atoms with Crippen LogP contribution < -0.4 is 4.90 Å². The molecular formula is C20H26FN3O2. The minimum atomic E-state index is -0.290. The van der Waals surface area contributed by atoms with Crippen molar-refractivity contribution in [1.29, 1.82) is 0 Å². The molecule has 1 heterocycles. The first-order valence-corrected chi connectivity index (χ1v) is 9.28. The topological polar surface area (TPSA) is 49.6 Å². The SMILES string of the molecule is CCN(CC)c1onc(-c2ccc(F)cc2)c1CN(CC1CC1)C(C)=O. The molecule has 1 aliphatic carbocycles. The van der Waals surface area contributed by atoms with Gasteiger partial charge in [-0.25, -0.2) is 4.39 Å². The molecule has 1 amide bonds. The third-order valence-corrected chi connectivity index (χ3v) is 4.91. The van der Waals surface area contributed by atoms with Crippen molar-refractivity contribution in [1.82, 2.24) is 10.1 Å². The van der Waals surface area contributed by atoms with Crippen LogP contribution in [0, 0.1) is 11.7 Å². The number of carbonyl (C=O) groups excluding carboxylic acids is 1. The van der Waals surface area contributed by atoms with E-state index in [2.05, 4.69) is 23.9 Å². The van der Waals surface area contributed by atoms with E-state index >= 15 is 0 Å². The van der Waals surface area contributed by atoms with Crippen LogP contribution in [0.5, 0.6) is 0 Å². The van der Waals surface area contributed by atoms with Gasteiger partial charge in [0, 0.05) is 32.1 Å². The van der Waals surface area contributed by atoms with Crippen LogP contribution in [0.2, 0.25) is 0 Å². The van der Waals surface area contributed by atoms with Crippen LogP contribution in [0.4, 0.5) is 10.3 Å². The summed E-state index contributed by atoms with van der Waals surface area (Å²) in [7, 11) is 0. The van der Waals surface area contributed by atoms with E-state index < -0.39 is 0 Å².